The molecular formula is C19H28N4S. The summed E-state index contributed by atoms with van der Waals surface area (Å²) in [6.45, 7) is 5.92. The van der Waals surface area contributed by atoms with Crippen LogP contribution in [-0.2, 0) is 6.54 Å². The predicted octanol–water partition coefficient (Wildman–Crippen LogP) is 3.15. The first-order valence-electron chi connectivity index (χ1n) is 8.38. The lowest BCUT2D eigenvalue weighted by atomic mass is 10.1. The van der Waals surface area contributed by atoms with E-state index < -0.39 is 0 Å². The molecule has 0 saturated heterocycles. The molecule has 1 aromatic heterocycles. The lowest BCUT2D eigenvalue weighted by Crippen LogP contribution is -2.42. The van der Waals surface area contributed by atoms with Crippen molar-refractivity contribution < 1.29 is 0 Å². The third kappa shape index (κ3) is 6.34. The van der Waals surface area contributed by atoms with E-state index >= 15 is 0 Å². The van der Waals surface area contributed by atoms with Crippen LogP contribution in [0.2, 0.25) is 0 Å². The molecule has 24 heavy (non-hydrogen) atoms. The maximum atomic E-state index is 4.30. The van der Waals surface area contributed by atoms with E-state index in [0.29, 0.717) is 5.92 Å². The molecule has 0 radical (unpaired) electrons. The van der Waals surface area contributed by atoms with Gasteiger partial charge < -0.3 is 15.5 Å². The van der Waals surface area contributed by atoms with Crippen LogP contribution < -0.4 is 10.6 Å². The van der Waals surface area contributed by atoms with E-state index in [4.69, 9.17) is 0 Å². The van der Waals surface area contributed by atoms with E-state index in [1.165, 1.54) is 11.1 Å². The molecule has 0 bridgehead atoms. The highest BCUT2D eigenvalue weighted by Crippen LogP contribution is 2.16. The lowest BCUT2D eigenvalue weighted by Gasteiger charge is -2.19. The molecule has 5 heteroatoms. The van der Waals surface area contributed by atoms with Crippen LogP contribution >= 0.6 is 11.3 Å². The molecule has 4 nitrogen and oxygen atoms in total. The van der Waals surface area contributed by atoms with E-state index in [9.17, 15) is 0 Å². The minimum absolute atomic E-state index is 0.482. The Morgan fingerprint density at radius 3 is 2.67 bits per heavy atom. The minimum Gasteiger partial charge on any atom is -0.356 e. The van der Waals surface area contributed by atoms with Gasteiger partial charge in [-0.25, -0.2) is 0 Å². The number of likely N-dealkylation sites (N-methyl/N-ethyl adjacent to an activating group) is 1. The summed E-state index contributed by atoms with van der Waals surface area (Å²) in [5.41, 5.74) is 2.72. The third-order valence-corrected chi connectivity index (χ3v) is 4.69. The van der Waals surface area contributed by atoms with Crippen LogP contribution in [0.25, 0.3) is 0 Å². The van der Waals surface area contributed by atoms with Crippen molar-refractivity contribution in [1.82, 2.24) is 15.5 Å². The topological polar surface area (TPSA) is 39.7 Å². The SMILES string of the molecule is CN=C(NCCN(C)Cc1ccccc1)NCC(C)c1ccsc1. The fraction of sp³-hybridized carbons (Fsp3) is 0.421. The largest absolute Gasteiger partial charge is 0.356 e. The Labute approximate surface area is 149 Å². The maximum absolute atomic E-state index is 4.30. The summed E-state index contributed by atoms with van der Waals surface area (Å²) in [5, 5.41) is 11.1. The van der Waals surface area contributed by atoms with Crippen LogP contribution in [0.3, 0.4) is 0 Å². The molecule has 1 atom stereocenters. The minimum atomic E-state index is 0.482. The molecule has 2 N–H and O–H groups in total. The van der Waals surface area contributed by atoms with Crippen LogP contribution in [0, 0.1) is 0 Å². The zero-order valence-corrected chi connectivity index (χ0v) is 15.6. The van der Waals surface area contributed by atoms with E-state index in [1.807, 2.05) is 7.05 Å². The second kappa shape index (κ2) is 10.1. The second-order valence-electron chi connectivity index (χ2n) is 6.06. The molecule has 0 aliphatic heterocycles. The third-order valence-electron chi connectivity index (χ3n) is 3.99. The zero-order valence-electron chi connectivity index (χ0n) is 14.8. The molecule has 1 aromatic carbocycles. The average Bonchev–Trinajstić information content (AvgIpc) is 3.13. The Morgan fingerprint density at radius 2 is 2.00 bits per heavy atom. The van der Waals surface area contributed by atoms with Gasteiger partial charge in [0.1, 0.15) is 0 Å². The zero-order chi connectivity index (χ0) is 17.2. The molecule has 0 amide bonds. The molecule has 0 aliphatic carbocycles. The highest BCUT2D eigenvalue weighted by Gasteiger charge is 2.07. The maximum Gasteiger partial charge on any atom is 0.191 e. The van der Waals surface area contributed by atoms with Gasteiger partial charge in [0.2, 0.25) is 0 Å². The number of nitrogens with zero attached hydrogens (tertiary/aromatic N) is 2. The van der Waals surface area contributed by atoms with E-state index in [1.54, 1.807) is 11.3 Å². The highest BCUT2D eigenvalue weighted by atomic mass is 32.1. The summed E-state index contributed by atoms with van der Waals surface area (Å²) in [6, 6.07) is 12.7. The average molecular weight is 345 g/mol. The van der Waals surface area contributed by atoms with Gasteiger partial charge in [-0.05, 0) is 40.9 Å². The Bertz CT molecular complexity index is 595. The van der Waals surface area contributed by atoms with Crippen molar-refractivity contribution >= 4 is 17.3 Å². The summed E-state index contributed by atoms with van der Waals surface area (Å²) < 4.78 is 0. The van der Waals surface area contributed by atoms with Crippen molar-refractivity contribution in [2.24, 2.45) is 4.99 Å². The van der Waals surface area contributed by atoms with Crippen LogP contribution in [0.5, 0.6) is 0 Å². The normalized spacial score (nSPS) is 13.1. The molecule has 0 saturated carbocycles. The Hall–Kier alpha value is -1.85. The lowest BCUT2D eigenvalue weighted by molar-refractivity contribution is 0.331. The molecule has 0 aliphatic rings. The monoisotopic (exact) mass is 344 g/mol. The molecule has 130 valence electrons. The van der Waals surface area contributed by atoms with Gasteiger partial charge in [0.05, 0.1) is 0 Å². The summed E-state index contributed by atoms with van der Waals surface area (Å²) in [7, 11) is 3.96. The second-order valence-corrected chi connectivity index (χ2v) is 6.84. The quantitative estimate of drug-likeness (QED) is 0.571. The molecule has 0 spiro atoms. The highest BCUT2D eigenvalue weighted by molar-refractivity contribution is 7.07. The summed E-state index contributed by atoms with van der Waals surface area (Å²) in [5.74, 6) is 1.35. The van der Waals surface area contributed by atoms with Crippen LogP contribution in [0.4, 0.5) is 0 Å². The summed E-state index contributed by atoms with van der Waals surface area (Å²) in [4.78, 5) is 6.61. The first kappa shape index (κ1) is 18.5. The first-order valence-corrected chi connectivity index (χ1v) is 9.32. The number of hydrogen-bond acceptors (Lipinski definition) is 3. The fourth-order valence-electron chi connectivity index (χ4n) is 2.48. The van der Waals surface area contributed by atoms with Crippen molar-refractivity contribution in [2.45, 2.75) is 19.4 Å². The van der Waals surface area contributed by atoms with Gasteiger partial charge in [0.15, 0.2) is 5.96 Å². The molecule has 1 unspecified atom stereocenters. The van der Waals surface area contributed by atoms with Gasteiger partial charge in [0.25, 0.3) is 0 Å². The van der Waals surface area contributed by atoms with Gasteiger partial charge in [-0.15, -0.1) is 0 Å². The van der Waals surface area contributed by atoms with Crippen molar-refractivity contribution in [1.29, 1.82) is 0 Å². The fourth-order valence-corrected chi connectivity index (χ4v) is 3.27. The Kier molecular flexibility index (Phi) is 7.79. The predicted molar refractivity (Wildman–Crippen MR) is 105 cm³/mol. The van der Waals surface area contributed by atoms with Gasteiger partial charge >= 0.3 is 0 Å². The van der Waals surface area contributed by atoms with E-state index in [2.05, 4.69) is 81.7 Å². The molecule has 0 fully saturated rings. The standard InChI is InChI=1S/C19H28N4S/c1-16(18-9-12-24-15-18)13-22-19(20-2)21-10-11-23(3)14-17-7-5-4-6-8-17/h4-9,12,15-16H,10-11,13-14H2,1-3H3,(H2,20,21,22). The first-order chi connectivity index (χ1) is 11.7. The number of rotatable bonds is 8. The van der Waals surface area contributed by atoms with Crippen molar-refractivity contribution in [3.05, 3.63) is 58.3 Å². The van der Waals surface area contributed by atoms with Crippen molar-refractivity contribution in [2.75, 3.05) is 33.7 Å². The molecular weight excluding hydrogens is 316 g/mol. The number of nitrogens with one attached hydrogen (secondary N) is 2. The summed E-state index contributed by atoms with van der Waals surface area (Å²) >= 11 is 1.75. The number of hydrogen-bond donors (Lipinski definition) is 2. The number of aliphatic imine (C=N–C) groups is 1. The van der Waals surface area contributed by atoms with Gasteiger partial charge in [-0.1, -0.05) is 37.3 Å². The van der Waals surface area contributed by atoms with Gasteiger partial charge in [-0.2, -0.15) is 11.3 Å². The summed E-state index contributed by atoms with van der Waals surface area (Å²) in [6.07, 6.45) is 0. The molecule has 2 aromatic rings. The number of benzene rings is 1. The molecule has 1 heterocycles. The van der Waals surface area contributed by atoms with Crippen molar-refractivity contribution in [3.8, 4) is 0 Å². The van der Waals surface area contributed by atoms with Crippen LogP contribution in [0.15, 0.2) is 52.2 Å². The van der Waals surface area contributed by atoms with E-state index in [0.717, 1.165) is 32.1 Å². The number of guanidine groups is 1. The van der Waals surface area contributed by atoms with Crippen molar-refractivity contribution in [3.63, 3.8) is 0 Å². The Morgan fingerprint density at radius 1 is 1.21 bits per heavy atom. The van der Waals surface area contributed by atoms with Gasteiger partial charge in [0, 0.05) is 33.2 Å². The van der Waals surface area contributed by atoms with Gasteiger partial charge in [-0.3, -0.25) is 4.99 Å². The number of thiophene rings is 1. The van der Waals surface area contributed by atoms with Crippen LogP contribution in [-0.4, -0.2) is 44.6 Å². The smallest absolute Gasteiger partial charge is 0.191 e. The van der Waals surface area contributed by atoms with E-state index in [-0.39, 0.29) is 0 Å². The molecule has 2 rings (SSSR count). The Balaban J connectivity index is 1.66. The van der Waals surface area contributed by atoms with Crippen LogP contribution in [0.1, 0.15) is 24.0 Å².